The van der Waals surface area contributed by atoms with E-state index in [0.29, 0.717) is 12.8 Å². The molecule has 0 aromatic rings. The van der Waals surface area contributed by atoms with Crippen LogP contribution in [-0.2, 0) is 9.53 Å². The zero-order valence-electron chi connectivity index (χ0n) is 10.6. The topological polar surface area (TPSA) is 58.6 Å². The van der Waals surface area contributed by atoms with E-state index >= 15 is 0 Å². The molecular formula is C13H23NO3. The van der Waals surface area contributed by atoms with Gasteiger partial charge in [0.1, 0.15) is 0 Å². The van der Waals surface area contributed by atoms with E-state index in [-0.39, 0.29) is 5.97 Å². The van der Waals surface area contributed by atoms with Crippen LogP contribution in [0.3, 0.4) is 0 Å². The van der Waals surface area contributed by atoms with Crippen LogP contribution in [0.4, 0.5) is 0 Å². The normalized spacial score (nSPS) is 27.4. The second-order valence-electron chi connectivity index (χ2n) is 5.42. The zero-order chi connectivity index (χ0) is 12.4. The van der Waals surface area contributed by atoms with Crippen molar-refractivity contribution < 1.29 is 14.6 Å². The van der Waals surface area contributed by atoms with Crippen molar-refractivity contribution in [3.8, 4) is 0 Å². The Labute approximate surface area is 103 Å². The Morgan fingerprint density at radius 3 is 2.24 bits per heavy atom. The first-order valence-electron chi connectivity index (χ1n) is 6.66. The van der Waals surface area contributed by atoms with Gasteiger partial charge in [0.2, 0.25) is 0 Å². The second-order valence-corrected chi connectivity index (χ2v) is 5.42. The Balaban J connectivity index is 2.27. The van der Waals surface area contributed by atoms with E-state index in [4.69, 9.17) is 4.74 Å². The van der Waals surface area contributed by atoms with Crippen molar-refractivity contribution in [2.75, 3.05) is 20.2 Å². The monoisotopic (exact) mass is 241 g/mol. The van der Waals surface area contributed by atoms with Crippen LogP contribution in [0.5, 0.6) is 0 Å². The average Bonchev–Trinajstić information content (AvgIpc) is 2.39. The highest BCUT2D eigenvalue weighted by molar-refractivity contribution is 5.78. The molecule has 0 aromatic carbocycles. The predicted molar refractivity (Wildman–Crippen MR) is 64.6 cm³/mol. The number of nitrogens with one attached hydrogen (secondary N) is 1. The van der Waals surface area contributed by atoms with Crippen LogP contribution in [0.1, 0.15) is 44.9 Å². The maximum Gasteiger partial charge on any atom is 0.314 e. The largest absolute Gasteiger partial charge is 0.469 e. The van der Waals surface area contributed by atoms with E-state index in [2.05, 4.69) is 5.32 Å². The maximum atomic E-state index is 12.2. The number of rotatable bonds is 2. The third-order valence-electron chi connectivity index (χ3n) is 4.60. The number of piperidine rings is 1. The van der Waals surface area contributed by atoms with Crippen molar-refractivity contribution in [1.82, 2.24) is 5.32 Å². The molecule has 2 rings (SSSR count). The van der Waals surface area contributed by atoms with Crippen LogP contribution in [0.25, 0.3) is 0 Å². The standard InChI is InChI=1S/C13H23NO3/c1-17-11(15)12(7-9-14-10-8-12)13(16)5-3-2-4-6-13/h14,16H,2-10H2,1H3. The summed E-state index contributed by atoms with van der Waals surface area (Å²) in [7, 11) is 1.43. The average molecular weight is 241 g/mol. The van der Waals surface area contributed by atoms with Crippen molar-refractivity contribution in [1.29, 1.82) is 0 Å². The quantitative estimate of drug-likeness (QED) is 0.714. The van der Waals surface area contributed by atoms with Crippen molar-refractivity contribution >= 4 is 5.97 Å². The summed E-state index contributed by atoms with van der Waals surface area (Å²) < 4.78 is 4.98. The molecule has 1 saturated heterocycles. The molecule has 1 heterocycles. The molecule has 4 nitrogen and oxygen atoms in total. The molecule has 98 valence electrons. The second kappa shape index (κ2) is 4.94. The molecule has 2 aliphatic rings. The molecule has 0 spiro atoms. The Hall–Kier alpha value is -0.610. The van der Waals surface area contributed by atoms with Crippen LogP contribution < -0.4 is 5.32 Å². The number of methoxy groups -OCH3 is 1. The van der Waals surface area contributed by atoms with Crippen molar-refractivity contribution in [2.45, 2.75) is 50.5 Å². The lowest BCUT2D eigenvalue weighted by atomic mass is 9.60. The summed E-state index contributed by atoms with van der Waals surface area (Å²) in [5.74, 6) is -0.219. The van der Waals surface area contributed by atoms with Crippen LogP contribution in [-0.4, -0.2) is 36.9 Å². The highest BCUT2D eigenvalue weighted by atomic mass is 16.5. The molecule has 0 atom stereocenters. The minimum absolute atomic E-state index is 0.219. The minimum Gasteiger partial charge on any atom is -0.469 e. The van der Waals surface area contributed by atoms with E-state index in [1.807, 2.05) is 0 Å². The van der Waals surface area contributed by atoms with Gasteiger partial charge in [0, 0.05) is 0 Å². The van der Waals surface area contributed by atoms with Gasteiger partial charge in [0.15, 0.2) is 0 Å². The number of esters is 1. The van der Waals surface area contributed by atoms with Crippen molar-refractivity contribution in [2.24, 2.45) is 5.41 Å². The lowest BCUT2D eigenvalue weighted by molar-refractivity contribution is -0.183. The van der Waals surface area contributed by atoms with Gasteiger partial charge in [0.25, 0.3) is 0 Å². The van der Waals surface area contributed by atoms with Crippen LogP contribution >= 0.6 is 0 Å². The number of carbonyl (C=O) groups is 1. The van der Waals surface area contributed by atoms with Crippen molar-refractivity contribution in [3.63, 3.8) is 0 Å². The Morgan fingerprint density at radius 2 is 1.71 bits per heavy atom. The summed E-state index contributed by atoms with van der Waals surface area (Å²) >= 11 is 0. The summed E-state index contributed by atoms with van der Waals surface area (Å²) in [6.45, 7) is 1.58. The predicted octanol–water partition coefficient (Wildman–Crippen LogP) is 1.22. The number of hydrogen-bond donors (Lipinski definition) is 2. The van der Waals surface area contributed by atoms with E-state index < -0.39 is 11.0 Å². The SMILES string of the molecule is COC(=O)C1(C2(O)CCCCC2)CCNCC1. The van der Waals surface area contributed by atoms with E-state index in [9.17, 15) is 9.90 Å². The molecule has 2 fully saturated rings. The number of hydrogen-bond acceptors (Lipinski definition) is 4. The first-order valence-corrected chi connectivity index (χ1v) is 6.66. The molecule has 0 amide bonds. The first kappa shape index (κ1) is 12.8. The van der Waals surface area contributed by atoms with Gasteiger partial charge >= 0.3 is 5.97 Å². The smallest absolute Gasteiger partial charge is 0.314 e. The first-order chi connectivity index (χ1) is 8.15. The van der Waals surface area contributed by atoms with Crippen LogP contribution in [0.15, 0.2) is 0 Å². The van der Waals surface area contributed by atoms with Gasteiger partial charge in [-0.05, 0) is 38.8 Å². The Kier molecular flexibility index (Phi) is 3.73. The van der Waals surface area contributed by atoms with E-state index in [1.165, 1.54) is 7.11 Å². The van der Waals surface area contributed by atoms with Gasteiger partial charge in [0.05, 0.1) is 18.1 Å². The summed E-state index contributed by atoms with van der Waals surface area (Å²) in [6, 6.07) is 0. The summed E-state index contributed by atoms with van der Waals surface area (Å²) in [5.41, 5.74) is -1.52. The van der Waals surface area contributed by atoms with Crippen LogP contribution in [0, 0.1) is 5.41 Å². The molecule has 1 aliphatic carbocycles. The van der Waals surface area contributed by atoms with Gasteiger partial charge in [-0.3, -0.25) is 4.79 Å². The number of carbonyl (C=O) groups excluding carboxylic acids is 1. The van der Waals surface area contributed by atoms with E-state index in [0.717, 1.165) is 45.2 Å². The molecule has 0 aromatic heterocycles. The van der Waals surface area contributed by atoms with Gasteiger partial charge < -0.3 is 15.2 Å². The number of ether oxygens (including phenoxy) is 1. The fourth-order valence-corrected chi connectivity index (χ4v) is 3.52. The third kappa shape index (κ3) is 2.08. The fourth-order valence-electron chi connectivity index (χ4n) is 3.52. The molecule has 2 N–H and O–H groups in total. The van der Waals surface area contributed by atoms with Gasteiger partial charge in [-0.1, -0.05) is 19.3 Å². The zero-order valence-corrected chi connectivity index (χ0v) is 10.6. The lowest BCUT2D eigenvalue weighted by Crippen LogP contribution is -2.58. The maximum absolute atomic E-state index is 12.2. The highest BCUT2D eigenvalue weighted by Gasteiger charge is 2.56. The van der Waals surface area contributed by atoms with Crippen LogP contribution in [0.2, 0.25) is 0 Å². The minimum atomic E-state index is -0.847. The highest BCUT2D eigenvalue weighted by Crippen LogP contribution is 2.48. The lowest BCUT2D eigenvalue weighted by Gasteiger charge is -2.49. The summed E-state index contributed by atoms with van der Waals surface area (Å²) in [4.78, 5) is 12.2. The summed E-state index contributed by atoms with van der Waals surface area (Å²) in [5, 5.41) is 14.2. The van der Waals surface area contributed by atoms with E-state index in [1.54, 1.807) is 0 Å². The van der Waals surface area contributed by atoms with Gasteiger partial charge in [-0.15, -0.1) is 0 Å². The third-order valence-corrected chi connectivity index (χ3v) is 4.60. The number of aliphatic hydroxyl groups is 1. The molecule has 0 bridgehead atoms. The molecular weight excluding hydrogens is 218 g/mol. The molecule has 17 heavy (non-hydrogen) atoms. The van der Waals surface area contributed by atoms with Gasteiger partial charge in [-0.25, -0.2) is 0 Å². The fraction of sp³-hybridized carbons (Fsp3) is 0.923. The Bertz CT molecular complexity index is 278. The molecule has 4 heteroatoms. The molecule has 0 radical (unpaired) electrons. The molecule has 0 unspecified atom stereocenters. The Morgan fingerprint density at radius 1 is 1.12 bits per heavy atom. The summed E-state index contributed by atoms with van der Waals surface area (Å²) in [6.07, 6.45) is 6.06. The van der Waals surface area contributed by atoms with Crippen molar-refractivity contribution in [3.05, 3.63) is 0 Å². The molecule has 1 saturated carbocycles. The van der Waals surface area contributed by atoms with Gasteiger partial charge in [-0.2, -0.15) is 0 Å². The molecule has 1 aliphatic heterocycles.